The fourth-order valence-corrected chi connectivity index (χ4v) is 4.87. The molecule has 1 atom stereocenters. The summed E-state index contributed by atoms with van der Waals surface area (Å²) < 4.78 is 12.5. The summed E-state index contributed by atoms with van der Waals surface area (Å²) in [5, 5.41) is 3.41. The van der Waals surface area contributed by atoms with Crippen molar-refractivity contribution >= 4 is 50.4 Å². The second-order valence-corrected chi connectivity index (χ2v) is 9.08. The number of esters is 1. The van der Waals surface area contributed by atoms with Crippen LogP contribution in [0.2, 0.25) is 5.02 Å². The van der Waals surface area contributed by atoms with Crippen molar-refractivity contribution in [2.24, 2.45) is 4.99 Å². The van der Waals surface area contributed by atoms with E-state index in [1.54, 1.807) is 6.92 Å². The van der Waals surface area contributed by atoms with Crippen LogP contribution in [0.3, 0.4) is 0 Å². The van der Waals surface area contributed by atoms with E-state index in [0.717, 1.165) is 20.8 Å². The minimum atomic E-state index is -0.420. The van der Waals surface area contributed by atoms with E-state index in [1.807, 2.05) is 65.9 Å². The number of ether oxygens (including phenoxy) is 2. The third-order valence-electron chi connectivity index (χ3n) is 4.92. The molecule has 0 N–H and O–H groups in total. The molecule has 8 heteroatoms. The Morgan fingerprint density at radius 1 is 1.29 bits per heavy atom. The van der Waals surface area contributed by atoms with E-state index in [-0.39, 0.29) is 12.6 Å². The van der Waals surface area contributed by atoms with Gasteiger partial charge in [0.1, 0.15) is 12.4 Å². The van der Waals surface area contributed by atoms with Crippen LogP contribution in [-0.4, -0.2) is 22.6 Å². The van der Waals surface area contributed by atoms with E-state index in [0.29, 0.717) is 28.6 Å². The Hall–Kier alpha value is -2.22. The SMILES string of the molecule is CCOC(=O)C1=C(C)N=C2SC=CN2[C@H]1c1cc(Br)ccc1OCc1ccccc1Cl. The molecule has 31 heavy (non-hydrogen) atoms. The van der Waals surface area contributed by atoms with E-state index in [9.17, 15) is 4.79 Å². The van der Waals surface area contributed by atoms with Crippen molar-refractivity contribution in [2.45, 2.75) is 26.5 Å². The molecule has 2 aromatic rings. The molecular weight excluding hydrogens is 500 g/mol. The molecule has 5 nitrogen and oxygen atoms in total. The van der Waals surface area contributed by atoms with Gasteiger partial charge in [0.2, 0.25) is 0 Å². The number of nitrogens with zero attached hydrogens (tertiary/aromatic N) is 2. The average Bonchev–Trinajstić information content (AvgIpc) is 3.21. The fraction of sp³-hybridized carbons (Fsp3) is 0.217. The summed E-state index contributed by atoms with van der Waals surface area (Å²) in [6.07, 6.45) is 1.93. The molecule has 0 spiro atoms. The van der Waals surface area contributed by atoms with Crippen LogP contribution in [-0.2, 0) is 16.1 Å². The van der Waals surface area contributed by atoms with E-state index < -0.39 is 6.04 Å². The number of benzene rings is 2. The van der Waals surface area contributed by atoms with Gasteiger partial charge in [-0.05, 0) is 43.5 Å². The smallest absolute Gasteiger partial charge is 0.338 e. The molecule has 0 bridgehead atoms. The number of halogens is 2. The minimum absolute atomic E-state index is 0.290. The van der Waals surface area contributed by atoms with Gasteiger partial charge in [0.15, 0.2) is 5.17 Å². The van der Waals surface area contributed by atoms with Gasteiger partial charge in [0.25, 0.3) is 0 Å². The van der Waals surface area contributed by atoms with Crippen LogP contribution in [0.4, 0.5) is 0 Å². The maximum Gasteiger partial charge on any atom is 0.338 e. The normalized spacial score (nSPS) is 17.5. The zero-order chi connectivity index (χ0) is 22.0. The van der Waals surface area contributed by atoms with Gasteiger partial charge in [-0.3, -0.25) is 0 Å². The van der Waals surface area contributed by atoms with Crippen LogP contribution in [0.15, 0.2) is 74.8 Å². The monoisotopic (exact) mass is 518 g/mol. The molecule has 2 heterocycles. The Morgan fingerprint density at radius 2 is 2.10 bits per heavy atom. The maximum absolute atomic E-state index is 12.9. The Balaban J connectivity index is 1.76. The van der Waals surface area contributed by atoms with Crippen molar-refractivity contribution in [3.63, 3.8) is 0 Å². The third kappa shape index (κ3) is 4.54. The Labute approximate surface area is 198 Å². The highest BCUT2D eigenvalue weighted by atomic mass is 79.9. The van der Waals surface area contributed by atoms with Gasteiger partial charge in [-0.1, -0.05) is 57.5 Å². The Morgan fingerprint density at radius 3 is 2.87 bits per heavy atom. The Bertz CT molecular complexity index is 1120. The zero-order valence-electron chi connectivity index (χ0n) is 17.0. The molecule has 4 rings (SSSR count). The Kier molecular flexibility index (Phi) is 6.74. The molecule has 0 amide bonds. The molecule has 0 unspecified atom stereocenters. The lowest BCUT2D eigenvalue weighted by molar-refractivity contribution is -0.139. The molecule has 0 aliphatic carbocycles. The summed E-state index contributed by atoms with van der Waals surface area (Å²) in [4.78, 5) is 19.5. The molecule has 0 saturated heterocycles. The molecule has 0 aromatic heterocycles. The molecule has 0 fully saturated rings. The highest BCUT2D eigenvalue weighted by Gasteiger charge is 2.39. The predicted molar refractivity (Wildman–Crippen MR) is 128 cm³/mol. The topological polar surface area (TPSA) is 51.1 Å². The van der Waals surface area contributed by atoms with Gasteiger partial charge in [-0.15, -0.1) is 0 Å². The van der Waals surface area contributed by atoms with Crippen molar-refractivity contribution in [3.8, 4) is 5.75 Å². The van der Waals surface area contributed by atoms with Gasteiger partial charge < -0.3 is 14.4 Å². The molecule has 2 aliphatic heterocycles. The second kappa shape index (κ2) is 9.51. The van der Waals surface area contributed by atoms with Crippen LogP contribution in [0.1, 0.15) is 31.0 Å². The van der Waals surface area contributed by atoms with Gasteiger partial charge in [0.05, 0.1) is 23.9 Å². The summed E-state index contributed by atoms with van der Waals surface area (Å²) >= 11 is 11.4. The van der Waals surface area contributed by atoms with Crippen LogP contribution < -0.4 is 4.74 Å². The van der Waals surface area contributed by atoms with E-state index >= 15 is 0 Å². The van der Waals surface area contributed by atoms with Gasteiger partial charge >= 0.3 is 5.97 Å². The number of hydrogen-bond acceptors (Lipinski definition) is 6. The lowest BCUT2D eigenvalue weighted by atomic mass is 9.94. The van der Waals surface area contributed by atoms with Crippen molar-refractivity contribution in [2.75, 3.05) is 6.61 Å². The van der Waals surface area contributed by atoms with Crippen molar-refractivity contribution in [1.29, 1.82) is 0 Å². The van der Waals surface area contributed by atoms with Crippen molar-refractivity contribution < 1.29 is 14.3 Å². The fourth-order valence-electron chi connectivity index (χ4n) is 3.51. The number of amidine groups is 1. The maximum atomic E-state index is 12.9. The lowest BCUT2D eigenvalue weighted by Crippen LogP contribution is -2.34. The molecule has 0 radical (unpaired) electrons. The van der Waals surface area contributed by atoms with Gasteiger partial charge in [-0.25, -0.2) is 9.79 Å². The molecule has 0 saturated carbocycles. The number of carbonyl (C=O) groups excluding carboxylic acids is 1. The number of carbonyl (C=O) groups is 1. The molecule has 2 aliphatic rings. The summed E-state index contributed by atoms with van der Waals surface area (Å²) in [6, 6.07) is 12.9. The second-order valence-electron chi connectivity index (χ2n) is 6.89. The van der Waals surface area contributed by atoms with Crippen LogP contribution in [0, 0.1) is 0 Å². The number of aliphatic imine (C=N–C) groups is 1. The highest BCUT2D eigenvalue weighted by molar-refractivity contribution is 9.10. The van der Waals surface area contributed by atoms with Crippen LogP contribution >= 0.6 is 39.3 Å². The first-order chi connectivity index (χ1) is 15.0. The highest BCUT2D eigenvalue weighted by Crippen LogP contribution is 2.44. The minimum Gasteiger partial charge on any atom is -0.488 e. The summed E-state index contributed by atoms with van der Waals surface area (Å²) in [7, 11) is 0. The van der Waals surface area contributed by atoms with E-state index in [2.05, 4.69) is 20.9 Å². The number of fused-ring (bicyclic) bond motifs is 1. The summed E-state index contributed by atoms with van der Waals surface area (Å²) in [5.74, 6) is 0.282. The molecule has 2 aromatic carbocycles. The average molecular weight is 520 g/mol. The molecular formula is C23H20BrClN2O3S. The van der Waals surface area contributed by atoms with E-state index in [4.69, 9.17) is 21.1 Å². The number of thioether (sulfide) groups is 1. The van der Waals surface area contributed by atoms with Gasteiger partial charge in [0, 0.05) is 26.8 Å². The lowest BCUT2D eigenvalue weighted by Gasteiger charge is -2.34. The number of rotatable bonds is 6. The van der Waals surface area contributed by atoms with Crippen LogP contribution in [0.5, 0.6) is 5.75 Å². The van der Waals surface area contributed by atoms with Crippen LogP contribution in [0.25, 0.3) is 0 Å². The standard InChI is InChI=1S/C23H20BrClN2O3S/c1-3-29-22(28)20-14(2)26-23-27(10-11-31-23)21(20)17-12-16(24)8-9-19(17)30-13-15-6-4-5-7-18(15)25/h4-12,21H,3,13H2,1-2H3/t21-/m0/s1. The zero-order valence-corrected chi connectivity index (χ0v) is 20.1. The first-order valence-electron chi connectivity index (χ1n) is 9.73. The summed E-state index contributed by atoms with van der Waals surface area (Å²) in [5.41, 5.74) is 2.86. The predicted octanol–water partition coefficient (Wildman–Crippen LogP) is 6.45. The quantitative estimate of drug-likeness (QED) is 0.411. The van der Waals surface area contributed by atoms with Crippen molar-refractivity contribution in [3.05, 3.63) is 86.0 Å². The molecule has 160 valence electrons. The van der Waals surface area contributed by atoms with Crippen molar-refractivity contribution in [1.82, 2.24) is 4.90 Å². The summed E-state index contributed by atoms with van der Waals surface area (Å²) in [6.45, 7) is 4.23. The third-order valence-corrected chi connectivity index (χ3v) is 6.56. The largest absolute Gasteiger partial charge is 0.488 e. The number of hydrogen-bond donors (Lipinski definition) is 0. The van der Waals surface area contributed by atoms with Gasteiger partial charge in [-0.2, -0.15) is 0 Å². The first-order valence-corrected chi connectivity index (χ1v) is 11.8. The van der Waals surface area contributed by atoms with E-state index in [1.165, 1.54) is 11.8 Å². The number of allylic oxidation sites excluding steroid dienone is 1. The first kappa shape index (κ1) is 22.0.